The lowest BCUT2D eigenvalue weighted by atomic mass is 10.1. The lowest BCUT2D eigenvalue weighted by molar-refractivity contribution is -0.122. The fourth-order valence-electron chi connectivity index (χ4n) is 1.99. The Balaban J connectivity index is 2.09. The Bertz CT molecular complexity index is 505. The molecular formula is C13H14F2N2O2. The van der Waals surface area contributed by atoms with Gasteiger partial charge in [0.15, 0.2) is 0 Å². The van der Waals surface area contributed by atoms with Gasteiger partial charge in [-0.1, -0.05) is 0 Å². The molecule has 1 aromatic carbocycles. The van der Waals surface area contributed by atoms with Crippen molar-refractivity contribution in [3.63, 3.8) is 0 Å². The van der Waals surface area contributed by atoms with Gasteiger partial charge in [-0.25, -0.2) is 8.78 Å². The molecule has 1 unspecified atom stereocenters. The van der Waals surface area contributed by atoms with E-state index in [4.69, 9.17) is 0 Å². The second kappa shape index (κ2) is 5.77. The van der Waals surface area contributed by atoms with Gasteiger partial charge < -0.3 is 10.6 Å². The van der Waals surface area contributed by atoms with Crippen molar-refractivity contribution >= 4 is 11.8 Å². The fraction of sp³-hybridized carbons (Fsp3) is 0.385. The summed E-state index contributed by atoms with van der Waals surface area (Å²) in [6.45, 7) is 0.579. The third kappa shape index (κ3) is 3.27. The molecule has 0 saturated carbocycles. The average molecular weight is 268 g/mol. The summed E-state index contributed by atoms with van der Waals surface area (Å²) in [5, 5.41) is 5.14. The first-order valence-corrected chi connectivity index (χ1v) is 6.11. The quantitative estimate of drug-likeness (QED) is 0.851. The van der Waals surface area contributed by atoms with Crippen molar-refractivity contribution in [3.05, 3.63) is 35.4 Å². The van der Waals surface area contributed by atoms with E-state index in [1.165, 1.54) is 0 Å². The van der Waals surface area contributed by atoms with Crippen LogP contribution in [-0.2, 0) is 4.79 Å². The van der Waals surface area contributed by atoms with E-state index in [2.05, 4.69) is 10.6 Å². The summed E-state index contributed by atoms with van der Waals surface area (Å²) >= 11 is 0. The smallest absolute Gasteiger partial charge is 0.254 e. The summed E-state index contributed by atoms with van der Waals surface area (Å²) in [5.41, 5.74) is -0.265. The van der Waals surface area contributed by atoms with Crippen molar-refractivity contribution in [1.29, 1.82) is 0 Å². The summed E-state index contributed by atoms with van der Waals surface area (Å²) in [6.07, 6.45) is 2.17. The number of rotatable bonds is 2. The van der Waals surface area contributed by atoms with E-state index in [1.807, 2.05) is 0 Å². The van der Waals surface area contributed by atoms with E-state index in [-0.39, 0.29) is 11.5 Å². The summed E-state index contributed by atoms with van der Waals surface area (Å²) in [6, 6.07) is 2.04. The largest absolute Gasteiger partial charge is 0.354 e. The van der Waals surface area contributed by atoms with Crippen LogP contribution in [-0.4, -0.2) is 24.4 Å². The predicted molar refractivity (Wildman–Crippen MR) is 64.5 cm³/mol. The van der Waals surface area contributed by atoms with E-state index < -0.39 is 23.6 Å². The summed E-state index contributed by atoms with van der Waals surface area (Å²) in [4.78, 5) is 23.5. The van der Waals surface area contributed by atoms with Crippen molar-refractivity contribution in [2.75, 3.05) is 6.54 Å². The van der Waals surface area contributed by atoms with Gasteiger partial charge in [0, 0.05) is 12.6 Å². The maximum absolute atomic E-state index is 13.4. The SMILES string of the molecule is O=C(NC1CCCCNC1=O)c1ccc(F)cc1F. The van der Waals surface area contributed by atoms with Crippen LogP contribution in [0.3, 0.4) is 0 Å². The van der Waals surface area contributed by atoms with Crippen LogP contribution in [0.2, 0.25) is 0 Å². The molecule has 6 heteroatoms. The van der Waals surface area contributed by atoms with Crippen LogP contribution in [0.4, 0.5) is 8.78 Å². The van der Waals surface area contributed by atoms with Crippen LogP contribution in [0.15, 0.2) is 18.2 Å². The topological polar surface area (TPSA) is 58.2 Å². The van der Waals surface area contributed by atoms with Gasteiger partial charge in [-0.05, 0) is 31.4 Å². The molecule has 0 aliphatic carbocycles. The lowest BCUT2D eigenvalue weighted by Gasteiger charge is -2.15. The maximum atomic E-state index is 13.4. The van der Waals surface area contributed by atoms with Gasteiger partial charge in [0.2, 0.25) is 5.91 Å². The van der Waals surface area contributed by atoms with Crippen LogP contribution in [0.5, 0.6) is 0 Å². The molecule has 1 aliphatic rings. The molecule has 2 rings (SSSR count). The zero-order valence-electron chi connectivity index (χ0n) is 10.2. The first kappa shape index (κ1) is 13.5. The number of carbonyl (C=O) groups is 2. The highest BCUT2D eigenvalue weighted by Crippen LogP contribution is 2.11. The Kier molecular flexibility index (Phi) is 4.09. The Morgan fingerprint density at radius 2 is 2.11 bits per heavy atom. The number of nitrogens with one attached hydrogen (secondary N) is 2. The van der Waals surface area contributed by atoms with Crippen molar-refractivity contribution in [2.24, 2.45) is 0 Å². The Morgan fingerprint density at radius 1 is 1.32 bits per heavy atom. The second-order valence-electron chi connectivity index (χ2n) is 4.44. The molecule has 0 bridgehead atoms. The molecule has 1 heterocycles. The van der Waals surface area contributed by atoms with Crippen molar-refractivity contribution in [1.82, 2.24) is 10.6 Å². The van der Waals surface area contributed by atoms with Crippen LogP contribution in [0.25, 0.3) is 0 Å². The van der Waals surface area contributed by atoms with Gasteiger partial charge in [-0.2, -0.15) is 0 Å². The summed E-state index contributed by atoms with van der Waals surface area (Å²) in [7, 11) is 0. The highest BCUT2D eigenvalue weighted by Gasteiger charge is 2.24. The molecule has 1 aliphatic heterocycles. The number of amides is 2. The third-order valence-corrected chi connectivity index (χ3v) is 3.02. The fourth-order valence-corrected chi connectivity index (χ4v) is 1.99. The standard InChI is InChI=1S/C13H14F2N2O2/c14-8-4-5-9(10(15)7-8)12(18)17-11-3-1-2-6-16-13(11)19/h4-5,7,11H,1-3,6H2,(H,16,19)(H,17,18). The van der Waals surface area contributed by atoms with Crippen LogP contribution >= 0.6 is 0 Å². The lowest BCUT2D eigenvalue weighted by Crippen LogP contribution is -2.45. The molecule has 0 spiro atoms. The molecule has 19 heavy (non-hydrogen) atoms. The molecule has 1 fully saturated rings. The molecular weight excluding hydrogens is 254 g/mol. The number of hydrogen-bond acceptors (Lipinski definition) is 2. The molecule has 2 amide bonds. The van der Waals surface area contributed by atoms with E-state index in [9.17, 15) is 18.4 Å². The van der Waals surface area contributed by atoms with Gasteiger partial charge in [-0.15, -0.1) is 0 Å². The second-order valence-corrected chi connectivity index (χ2v) is 4.44. The molecule has 0 radical (unpaired) electrons. The van der Waals surface area contributed by atoms with E-state index in [0.29, 0.717) is 19.0 Å². The molecule has 102 valence electrons. The summed E-state index contributed by atoms with van der Waals surface area (Å²) in [5.74, 6) is -2.67. The molecule has 2 N–H and O–H groups in total. The Labute approximate surface area is 109 Å². The Morgan fingerprint density at radius 3 is 2.84 bits per heavy atom. The number of halogens is 2. The minimum atomic E-state index is -0.938. The van der Waals surface area contributed by atoms with Crippen molar-refractivity contribution < 1.29 is 18.4 Å². The van der Waals surface area contributed by atoms with Crippen molar-refractivity contribution in [3.8, 4) is 0 Å². The third-order valence-electron chi connectivity index (χ3n) is 3.02. The highest BCUT2D eigenvalue weighted by molar-refractivity contribution is 5.97. The predicted octanol–water partition coefficient (Wildman–Crippen LogP) is 1.36. The molecule has 1 aromatic rings. The van der Waals surface area contributed by atoms with E-state index >= 15 is 0 Å². The molecule has 1 saturated heterocycles. The van der Waals surface area contributed by atoms with Gasteiger partial charge in [0.05, 0.1) is 5.56 Å². The average Bonchev–Trinajstić information content (AvgIpc) is 2.55. The number of carbonyl (C=O) groups excluding carboxylic acids is 2. The van der Waals surface area contributed by atoms with Gasteiger partial charge in [0.1, 0.15) is 17.7 Å². The first-order valence-electron chi connectivity index (χ1n) is 6.11. The Hall–Kier alpha value is -1.98. The van der Waals surface area contributed by atoms with Crippen LogP contribution < -0.4 is 10.6 Å². The monoisotopic (exact) mass is 268 g/mol. The number of hydrogen-bond donors (Lipinski definition) is 2. The number of benzene rings is 1. The van der Waals surface area contributed by atoms with E-state index in [0.717, 1.165) is 25.0 Å². The minimum Gasteiger partial charge on any atom is -0.354 e. The zero-order valence-corrected chi connectivity index (χ0v) is 10.2. The molecule has 0 aromatic heterocycles. The van der Waals surface area contributed by atoms with Gasteiger partial charge >= 0.3 is 0 Å². The van der Waals surface area contributed by atoms with Crippen LogP contribution in [0.1, 0.15) is 29.6 Å². The van der Waals surface area contributed by atoms with E-state index in [1.54, 1.807) is 0 Å². The maximum Gasteiger partial charge on any atom is 0.254 e. The highest BCUT2D eigenvalue weighted by atomic mass is 19.1. The van der Waals surface area contributed by atoms with Gasteiger partial charge in [0.25, 0.3) is 5.91 Å². The van der Waals surface area contributed by atoms with Gasteiger partial charge in [-0.3, -0.25) is 9.59 Å². The van der Waals surface area contributed by atoms with Crippen molar-refractivity contribution in [2.45, 2.75) is 25.3 Å². The molecule has 4 nitrogen and oxygen atoms in total. The first-order chi connectivity index (χ1) is 9.08. The summed E-state index contributed by atoms with van der Waals surface area (Å²) < 4.78 is 26.2. The molecule has 1 atom stereocenters. The normalized spacial score (nSPS) is 19.5. The zero-order chi connectivity index (χ0) is 13.8. The minimum absolute atomic E-state index is 0.265. The van der Waals surface area contributed by atoms with Crippen LogP contribution in [0, 0.1) is 11.6 Å².